The van der Waals surface area contributed by atoms with Crippen molar-refractivity contribution >= 4 is 17.8 Å². The lowest BCUT2D eigenvalue weighted by atomic mass is 10.0. The van der Waals surface area contributed by atoms with Gasteiger partial charge in [0.15, 0.2) is 6.10 Å². The molecule has 0 radical (unpaired) electrons. The molecule has 1 atom stereocenters. The smallest absolute Gasteiger partial charge is 0.331 e. The number of rotatable bonds is 5. The summed E-state index contributed by atoms with van der Waals surface area (Å²) in [4.78, 5) is 24.3. The summed E-state index contributed by atoms with van der Waals surface area (Å²) in [6.45, 7) is 1.60. The van der Waals surface area contributed by atoms with Gasteiger partial charge in [0.25, 0.3) is 0 Å². The summed E-state index contributed by atoms with van der Waals surface area (Å²) >= 11 is 0. The Morgan fingerprint density at radius 3 is 2.83 bits per heavy atom. The molecular formula is C19H20N2O3. The van der Waals surface area contributed by atoms with Crippen LogP contribution < -0.4 is 0 Å². The highest BCUT2D eigenvalue weighted by molar-refractivity contribution is 6.01. The molecule has 0 spiro atoms. The second-order valence-electron chi connectivity index (χ2n) is 6.06. The van der Waals surface area contributed by atoms with Crippen LogP contribution in [0.15, 0.2) is 36.7 Å². The first-order valence-electron chi connectivity index (χ1n) is 8.06. The average Bonchev–Trinajstić information content (AvgIpc) is 3.19. The van der Waals surface area contributed by atoms with E-state index in [4.69, 9.17) is 4.74 Å². The topological polar surface area (TPSA) is 61.2 Å². The monoisotopic (exact) mass is 324 g/mol. The maximum Gasteiger partial charge on any atom is 0.331 e. The van der Waals surface area contributed by atoms with Gasteiger partial charge in [-0.1, -0.05) is 12.1 Å². The molecule has 1 aromatic carbocycles. The van der Waals surface area contributed by atoms with Crippen LogP contribution in [-0.2, 0) is 29.4 Å². The zero-order valence-corrected chi connectivity index (χ0v) is 13.9. The molecule has 0 unspecified atom stereocenters. The summed E-state index contributed by atoms with van der Waals surface area (Å²) in [6, 6.07) is 5.76. The summed E-state index contributed by atoms with van der Waals surface area (Å²) in [5, 5.41) is 4.01. The minimum absolute atomic E-state index is 0.173. The van der Waals surface area contributed by atoms with Crippen molar-refractivity contribution in [3.05, 3.63) is 58.9 Å². The molecule has 1 aliphatic carbocycles. The van der Waals surface area contributed by atoms with Gasteiger partial charge in [0.1, 0.15) is 0 Å². The number of carbonyl (C=O) groups excluding carboxylic acids is 2. The molecule has 1 aromatic heterocycles. The molecule has 2 aromatic rings. The van der Waals surface area contributed by atoms with Gasteiger partial charge in [-0.15, -0.1) is 0 Å². The van der Waals surface area contributed by atoms with Gasteiger partial charge in [0.2, 0.25) is 5.78 Å². The summed E-state index contributed by atoms with van der Waals surface area (Å²) in [5.74, 6) is -0.714. The number of ketones is 1. The van der Waals surface area contributed by atoms with E-state index in [1.54, 1.807) is 37.1 Å². The number of aromatic nitrogens is 2. The molecule has 1 aliphatic rings. The van der Waals surface area contributed by atoms with Crippen molar-refractivity contribution in [2.24, 2.45) is 7.05 Å². The highest BCUT2D eigenvalue weighted by atomic mass is 16.5. The van der Waals surface area contributed by atoms with E-state index in [0.717, 1.165) is 24.8 Å². The predicted octanol–water partition coefficient (Wildman–Crippen LogP) is 2.74. The standard InChI is InChI=1S/C19H20N2O3/c1-13(24-18(22)9-6-14-11-20-21(2)12-14)19(23)17-8-7-15-4-3-5-16(15)10-17/h6-13H,3-5H2,1-2H3/b9-6+/t13-/m1/s1. The van der Waals surface area contributed by atoms with E-state index in [1.165, 1.54) is 17.2 Å². The Kier molecular flexibility index (Phi) is 4.60. The number of nitrogens with zero attached hydrogens (tertiary/aromatic N) is 2. The molecule has 0 bridgehead atoms. The van der Waals surface area contributed by atoms with E-state index in [9.17, 15) is 9.59 Å². The Balaban J connectivity index is 1.61. The number of ether oxygens (including phenoxy) is 1. The zero-order chi connectivity index (χ0) is 17.1. The predicted molar refractivity (Wildman–Crippen MR) is 90.6 cm³/mol. The van der Waals surface area contributed by atoms with E-state index in [2.05, 4.69) is 5.10 Å². The Morgan fingerprint density at radius 1 is 1.29 bits per heavy atom. The number of fused-ring (bicyclic) bond motifs is 1. The van der Waals surface area contributed by atoms with E-state index >= 15 is 0 Å². The fraction of sp³-hybridized carbons (Fsp3) is 0.316. The fourth-order valence-corrected chi connectivity index (χ4v) is 2.92. The van der Waals surface area contributed by atoms with Crippen molar-refractivity contribution in [3.63, 3.8) is 0 Å². The maximum absolute atomic E-state index is 12.4. The highest BCUT2D eigenvalue weighted by Crippen LogP contribution is 2.23. The van der Waals surface area contributed by atoms with E-state index in [1.807, 2.05) is 18.2 Å². The van der Waals surface area contributed by atoms with Crippen molar-refractivity contribution in [1.29, 1.82) is 0 Å². The molecule has 24 heavy (non-hydrogen) atoms. The lowest BCUT2D eigenvalue weighted by Gasteiger charge is -2.11. The van der Waals surface area contributed by atoms with Crippen molar-refractivity contribution in [3.8, 4) is 0 Å². The number of carbonyl (C=O) groups is 2. The quantitative estimate of drug-likeness (QED) is 0.482. The molecule has 0 amide bonds. The van der Waals surface area contributed by atoms with Crippen LogP contribution in [-0.4, -0.2) is 27.6 Å². The Morgan fingerprint density at radius 2 is 2.08 bits per heavy atom. The molecule has 1 heterocycles. The molecule has 0 aliphatic heterocycles. The van der Waals surface area contributed by atoms with Crippen LogP contribution >= 0.6 is 0 Å². The maximum atomic E-state index is 12.4. The van der Waals surface area contributed by atoms with Gasteiger partial charge >= 0.3 is 5.97 Å². The minimum Gasteiger partial charge on any atom is -0.451 e. The van der Waals surface area contributed by atoms with Crippen LogP contribution in [0.5, 0.6) is 0 Å². The summed E-state index contributed by atoms with van der Waals surface area (Å²) in [5.41, 5.74) is 3.95. The molecule has 3 rings (SSSR count). The number of aryl methyl sites for hydroxylation is 3. The normalized spacial score (nSPS) is 14.6. The van der Waals surface area contributed by atoms with Crippen LogP contribution in [0.1, 0.15) is 40.4 Å². The molecule has 124 valence electrons. The molecule has 0 N–H and O–H groups in total. The fourth-order valence-electron chi connectivity index (χ4n) is 2.92. The number of esters is 1. The Hall–Kier alpha value is -2.69. The summed E-state index contributed by atoms with van der Waals surface area (Å²) in [7, 11) is 1.80. The largest absolute Gasteiger partial charge is 0.451 e. The van der Waals surface area contributed by atoms with Gasteiger partial charge < -0.3 is 4.74 Å². The molecular weight excluding hydrogens is 304 g/mol. The van der Waals surface area contributed by atoms with Crippen LogP contribution in [0.4, 0.5) is 0 Å². The Bertz CT molecular complexity index is 805. The van der Waals surface area contributed by atoms with Crippen LogP contribution in [0.2, 0.25) is 0 Å². The first-order valence-corrected chi connectivity index (χ1v) is 8.06. The van der Waals surface area contributed by atoms with Gasteiger partial charge in [-0.2, -0.15) is 5.10 Å². The minimum atomic E-state index is -0.810. The molecule has 0 saturated carbocycles. The SMILES string of the molecule is C[C@@H](OC(=O)/C=C/c1cnn(C)c1)C(=O)c1ccc2c(c1)CCC2. The first kappa shape index (κ1) is 16.2. The number of benzene rings is 1. The van der Waals surface area contributed by atoms with Crippen LogP contribution in [0, 0.1) is 0 Å². The summed E-state index contributed by atoms with van der Waals surface area (Å²) < 4.78 is 6.86. The van der Waals surface area contributed by atoms with Gasteiger partial charge in [-0.05, 0) is 49.5 Å². The number of hydrogen-bond acceptors (Lipinski definition) is 4. The Labute approximate surface area is 140 Å². The van der Waals surface area contributed by atoms with Gasteiger partial charge in [0, 0.05) is 30.4 Å². The molecule has 0 fully saturated rings. The van der Waals surface area contributed by atoms with Crippen molar-refractivity contribution in [2.75, 3.05) is 0 Å². The zero-order valence-electron chi connectivity index (χ0n) is 13.9. The first-order chi connectivity index (χ1) is 11.5. The second kappa shape index (κ2) is 6.83. The molecule has 0 saturated heterocycles. The third kappa shape index (κ3) is 3.62. The summed E-state index contributed by atoms with van der Waals surface area (Å²) in [6.07, 6.45) is 8.76. The number of hydrogen-bond donors (Lipinski definition) is 0. The number of Topliss-reactive ketones (excluding diaryl/α,β-unsaturated/α-hetero) is 1. The van der Waals surface area contributed by atoms with Gasteiger partial charge in [-0.25, -0.2) is 4.79 Å². The van der Waals surface area contributed by atoms with E-state index in [-0.39, 0.29) is 5.78 Å². The van der Waals surface area contributed by atoms with Crippen LogP contribution in [0.3, 0.4) is 0 Å². The second-order valence-corrected chi connectivity index (χ2v) is 6.06. The van der Waals surface area contributed by atoms with Gasteiger partial charge in [0.05, 0.1) is 6.20 Å². The third-order valence-electron chi connectivity index (χ3n) is 4.18. The van der Waals surface area contributed by atoms with Crippen molar-refractivity contribution < 1.29 is 14.3 Å². The highest BCUT2D eigenvalue weighted by Gasteiger charge is 2.20. The van der Waals surface area contributed by atoms with E-state index in [0.29, 0.717) is 5.56 Å². The molecule has 5 nitrogen and oxygen atoms in total. The van der Waals surface area contributed by atoms with Crippen molar-refractivity contribution in [1.82, 2.24) is 9.78 Å². The van der Waals surface area contributed by atoms with Crippen LogP contribution in [0.25, 0.3) is 6.08 Å². The lowest BCUT2D eigenvalue weighted by Crippen LogP contribution is -2.23. The molecule has 5 heteroatoms. The lowest BCUT2D eigenvalue weighted by molar-refractivity contribution is -0.140. The average molecular weight is 324 g/mol. The van der Waals surface area contributed by atoms with Gasteiger partial charge in [-0.3, -0.25) is 9.48 Å². The van der Waals surface area contributed by atoms with E-state index < -0.39 is 12.1 Å². The van der Waals surface area contributed by atoms with Crippen molar-refractivity contribution in [2.45, 2.75) is 32.3 Å². The third-order valence-corrected chi connectivity index (χ3v) is 4.18.